The molecule has 1 aliphatic heterocycles. The van der Waals surface area contributed by atoms with Gasteiger partial charge in [0.15, 0.2) is 0 Å². The summed E-state index contributed by atoms with van der Waals surface area (Å²) in [4.78, 5) is 0.403. The average Bonchev–Trinajstić information content (AvgIpc) is 2.40. The van der Waals surface area contributed by atoms with Gasteiger partial charge in [0.1, 0.15) is 0 Å². The van der Waals surface area contributed by atoms with Crippen LogP contribution in [0.25, 0.3) is 0 Å². The summed E-state index contributed by atoms with van der Waals surface area (Å²) in [6.07, 6.45) is 4.77. The Labute approximate surface area is 116 Å². The van der Waals surface area contributed by atoms with Crippen LogP contribution in [0.3, 0.4) is 0 Å². The van der Waals surface area contributed by atoms with E-state index in [0.29, 0.717) is 23.9 Å². The van der Waals surface area contributed by atoms with Crippen LogP contribution >= 0.6 is 0 Å². The molecule has 0 radical (unpaired) electrons. The minimum Gasteiger partial charge on any atom is -0.207 e. The molecule has 0 saturated carbocycles. The normalized spacial score (nSPS) is 18.4. The maximum atomic E-state index is 12.5. The van der Waals surface area contributed by atoms with Gasteiger partial charge in [-0.25, -0.2) is 8.42 Å². The molecule has 0 bridgehead atoms. The van der Waals surface area contributed by atoms with E-state index in [1.165, 1.54) is 0 Å². The molecule has 1 aromatic rings. The predicted octanol–water partition coefficient (Wildman–Crippen LogP) is 2.97. The minimum atomic E-state index is -3.31. The first-order chi connectivity index (χ1) is 9.04. The van der Waals surface area contributed by atoms with E-state index in [-0.39, 0.29) is 0 Å². The van der Waals surface area contributed by atoms with Crippen LogP contribution in [-0.2, 0) is 10.0 Å². The van der Waals surface area contributed by atoms with Crippen LogP contribution < -0.4 is 0 Å². The second kappa shape index (κ2) is 5.88. The van der Waals surface area contributed by atoms with E-state index < -0.39 is 10.0 Å². The molecule has 19 heavy (non-hydrogen) atoms. The lowest BCUT2D eigenvalue weighted by molar-refractivity contribution is 0.275. The third-order valence-corrected chi connectivity index (χ3v) is 5.65. The molecule has 4 heteroatoms. The molecule has 1 aromatic carbocycles. The van der Waals surface area contributed by atoms with Crippen molar-refractivity contribution < 1.29 is 8.42 Å². The molecular weight excluding hydrogens is 258 g/mol. The lowest BCUT2D eigenvalue weighted by Crippen LogP contribution is -2.38. The van der Waals surface area contributed by atoms with Gasteiger partial charge in [0.25, 0.3) is 0 Å². The third-order valence-electron chi connectivity index (χ3n) is 3.73. The Bertz CT molecular complexity index is 526. The molecule has 0 spiro atoms. The van der Waals surface area contributed by atoms with Crippen molar-refractivity contribution in [3.63, 3.8) is 0 Å². The molecule has 1 aliphatic rings. The molecule has 0 atom stereocenters. The summed E-state index contributed by atoms with van der Waals surface area (Å²) in [7, 11) is -3.31. The van der Waals surface area contributed by atoms with Crippen molar-refractivity contribution >= 4 is 10.0 Å². The van der Waals surface area contributed by atoms with Gasteiger partial charge in [-0.15, -0.1) is 6.58 Å². The number of sulfonamides is 1. The van der Waals surface area contributed by atoms with E-state index in [9.17, 15) is 8.42 Å². The first-order valence-corrected chi connectivity index (χ1v) is 8.16. The molecule has 0 N–H and O–H groups in total. The fourth-order valence-electron chi connectivity index (χ4n) is 2.48. The van der Waals surface area contributed by atoms with Gasteiger partial charge in [-0.2, -0.15) is 4.31 Å². The van der Waals surface area contributed by atoms with Crippen molar-refractivity contribution in [3.8, 4) is 0 Å². The van der Waals surface area contributed by atoms with Crippen molar-refractivity contribution in [1.29, 1.82) is 0 Å². The number of hydrogen-bond donors (Lipinski definition) is 0. The Kier molecular flexibility index (Phi) is 4.42. The molecule has 3 nitrogen and oxygen atoms in total. The molecule has 104 valence electrons. The van der Waals surface area contributed by atoms with Crippen LogP contribution in [0.5, 0.6) is 0 Å². The maximum absolute atomic E-state index is 12.5. The van der Waals surface area contributed by atoms with Crippen LogP contribution in [-0.4, -0.2) is 25.8 Å². The van der Waals surface area contributed by atoms with Crippen LogP contribution in [0.1, 0.15) is 24.8 Å². The van der Waals surface area contributed by atoms with Crippen LogP contribution in [0.2, 0.25) is 0 Å². The number of allylic oxidation sites excluding steroid dienone is 1. The largest absolute Gasteiger partial charge is 0.243 e. The zero-order valence-electron chi connectivity index (χ0n) is 11.4. The van der Waals surface area contributed by atoms with Crippen LogP contribution in [0.15, 0.2) is 41.8 Å². The van der Waals surface area contributed by atoms with E-state index in [1.807, 2.05) is 25.1 Å². The zero-order valence-corrected chi connectivity index (χ0v) is 12.2. The fourth-order valence-corrected chi connectivity index (χ4v) is 3.95. The van der Waals surface area contributed by atoms with Gasteiger partial charge in [-0.1, -0.05) is 23.8 Å². The smallest absolute Gasteiger partial charge is 0.207 e. The molecular formula is C15H21NO2S. The molecule has 2 rings (SSSR count). The first kappa shape index (κ1) is 14.3. The SMILES string of the molecule is C=CCC1CCN(S(=O)(=O)c2ccc(C)cc2)CC1. The quantitative estimate of drug-likeness (QED) is 0.795. The van der Waals surface area contributed by atoms with Gasteiger partial charge in [-0.3, -0.25) is 0 Å². The highest BCUT2D eigenvalue weighted by Crippen LogP contribution is 2.25. The highest BCUT2D eigenvalue weighted by molar-refractivity contribution is 7.89. The van der Waals surface area contributed by atoms with E-state index >= 15 is 0 Å². The zero-order chi connectivity index (χ0) is 13.9. The minimum absolute atomic E-state index is 0.403. The van der Waals surface area contributed by atoms with Gasteiger partial charge in [-0.05, 0) is 44.2 Å². The van der Waals surface area contributed by atoms with E-state index in [2.05, 4.69) is 6.58 Å². The van der Waals surface area contributed by atoms with E-state index in [4.69, 9.17) is 0 Å². The first-order valence-electron chi connectivity index (χ1n) is 6.72. The third kappa shape index (κ3) is 3.25. The second-order valence-corrected chi connectivity index (χ2v) is 7.12. The Morgan fingerprint density at radius 3 is 2.37 bits per heavy atom. The topological polar surface area (TPSA) is 37.4 Å². The van der Waals surface area contributed by atoms with Gasteiger partial charge >= 0.3 is 0 Å². The van der Waals surface area contributed by atoms with Gasteiger partial charge < -0.3 is 0 Å². The number of rotatable bonds is 4. The summed E-state index contributed by atoms with van der Waals surface area (Å²) in [5, 5.41) is 0. The molecule has 0 aromatic heterocycles. The highest BCUT2D eigenvalue weighted by atomic mass is 32.2. The average molecular weight is 279 g/mol. The van der Waals surface area contributed by atoms with E-state index in [1.54, 1.807) is 16.4 Å². The Morgan fingerprint density at radius 2 is 1.84 bits per heavy atom. The summed E-state index contributed by atoms with van der Waals surface area (Å²) in [6.45, 7) is 6.94. The van der Waals surface area contributed by atoms with Gasteiger partial charge in [0, 0.05) is 13.1 Å². The molecule has 1 saturated heterocycles. The summed E-state index contributed by atoms with van der Waals surface area (Å²) < 4.78 is 26.5. The standard InChI is InChI=1S/C15H21NO2S/c1-3-4-14-9-11-16(12-10-14)19(17,18)15-7-5-13(2)6-8-15/h3,5-8,14H,1,4,9-12H2,2H3. The Morgan fingerprint density at radius 1 is 1.26 bits per heavy atom. The molecule has 1 heterocycles. The second-order valence-electron chi connectivity index (χ2n) is 5.18. The fraction of sp³-hybridized carbons (Fsp3) is 0.467. The van der Waals surface area contributed by atoms with Crippen LogP contribution in [0.4, 0.5) is 0 Å². The molecule has 0 amide bonds. The number of benzene rings is 1. The lowest BCUT2D eigenvalue weighted by Gasteiger charge is -2.30. The lowest BCUT2D eigenvalue weighted by atomic mass is 9.95. The van der Waals surface area contributed by atoms with Crippen molar-refractivity contribution in [2.75, 3.05) is 13.1 Å². The van der Waals surface area contributed by atoms with Crippen LogP contribution in [0, 0.1) is 12.8 Å². The van der Waals surface area contributed by atoms with Crippen molar-refractivity contribution in [3.05, 3.63) is 42.5 Å². The Balaban J connectivity index is 2.09. The molecule has 1 fully saturated rings. The van der Waals surface area contributed by atoms with Crippen molar-refractivity contribution in [2.24, 2.45) is 5.92 Å². The molecule has 0 unspecified atom stereocenters. The van der Waals surface area contributed by atoms with E-state index in [0.717, 1.165) is 24.8 Å². The maximum Gasteiger partial charge on any atom is 0.243 e. The van der Waals surface area contributed by atoms with Gasteiger partial charge in [0.2, 0.25) is 10.0 Å². The summed E-state index contributed by atoms with van der Waals surface area (Å²) in [6, 6.07) is 7.08. The number of nitrogens with zero attached hydrogens (tertiary/aromatic N) is 1. The predicted molar refractivity (Wildman–Crippen MR) is 77.5 cm³/mol. The molecule has 0 aliphatic carbocycles. The number of hydrogen-bond acceptors (Lipinski definition) is 2. The number of piperidine rings is 1. The monoisotopic (exact) mass is 279 g/mol. The van der Waals surface area contributed by atoms with Crippen molar-refractivity contribution in [1.82, 2.24) is 4.31 Å². The highest BCUT2D eigenvalue weighted by Gasteiger charge is 2.28. The summed E-state index contributed by atoms with van der Waals surface area (Å²) >= 11 is 0. The summed E-state index contributed by atoms with van der Waals surface area (Å²) in [5.41, 5.74) is 1.07. The van der Waals surface area contributed by atoms with Crippen molar-refractivity contribution in [2.45, 2.75) is 31.1 Å². The summed E-state index contributed by atoms with van der Waals surface area (Å²) in [5.74, 6) is 0.585. The van der Waals surface area contributed by atoms with Gasteiger partial charge in [0.05, 0.1) is 4.90 Å². The Hall–Kier alpha value is -1.13. The number of aryl methyl sites for hydroxylation is 1.